The summed E-state index contributed by atoms with van der Waals surface area (Å²) >= 11 is 0. The van der Waals surface area contributed by atoms with Crippen molar-refractivity contribution in [1.82, 2.24) is 9.13 Å². The van der Waals surface area contributed by atoms with E-state index < -0.39 is 0 Å². The first-order valence-corrected chi connectivity index (χ1v) is 12.7. The number of imidazole rings is 1. The van der Waals surface area contributed by atoms with E-state index in [9.17, 15) is 4.79 Å². The number of fused-ring (bicyclic) bond motifs is 1. The van der Waals surface area contributed by atoms with Gasteiger partial charge in [0.1, 0.15) is 10.8 Å². The molecule has 0 unspecified atom stereocenters. The maximum Gasteiger partial charge on any atom is 0.276 e. The number of hydrogen-bond acceptors (Lipinski definition) is 3. The smallest absolute Gasteiger partial charge is 0.276 e. The molecule has 4 aromatic rings. The van der Waals surface area contributed by atoms with Crippen molar-refractivity contribution in [2.75, 3.05) is 11.9 Å². The van der Waals surface area contributed by atoms with Gasteiger partial charge in [0.25, 0.3) is 5.56 Å². The molecule has 0 radical (unpaired) electrons. The molecule has 1 aromatic heterocycles. The van der Waals surface area contributed by atoms with Crippen LogP contribution in [0.15, 0.2) is 106 Å². The summed E-state index contributed by atoms with van der Waals surface area (Å²) in [4.78, 5) is 20.5. The van der Waals surface area contributed by atoms with Crippen molar-refractivity contribution in [3.63, 3.8) is 0 Å². The quantitative estimate of drug-likeness (QED) is 0.374. The van der Waals surface area contributed by atoms with Gasteiger partial charge in [0.05, 0.1) is 5.69 Å². The van der Waals surface area contributed by atoms with Crippen LogP contribution < -0.4 is 21.3 Å². The number of benzene rings is 3. The van der Waals surface area contributed by atoms with E-state index in [1.165, 1.54) is 11.3 Å². The number of aromatic nitrogens is 2. The number of para-hydroxylation sites is 3. The van der Waals surface area contributed by atoms with E-state index in [1.807, 2.05) is 84.3 Å². The largest absolute Gasteiger partial charge is 0.347 e. The van der Waals surface area contributed by atoms with E-state index in [4.69, 9.17) is 0 Å². The Morgan fingerprint density at radius 2 is 1.49 bits per heavy atom. The molecule has 1 aliphatic heterocycles. The first kappa shape index (κ1) is 24.3. The fourth-order valence-corrected chi connectivity index (χ4v) is 5.21. The lowest BCUT2D eigenvalue weighted by Gasteiger charge is -2.23. The molecule has 186 valence electrons. The topological polar surface area (TPSA) is 42.5 Å². The Kier molecular flexibility index (Phi) is 6.53. The predicted octanol–water partition coefficient (Wildman–Crippen LogP) is 4.93. The van der Waals surface area contributed by atoms with Gasteiger partial charge in [-0.25, -0.2) is 0 Å². The summed E-state index contributed by atoms with van der Waals surface area (Å²) in [5.41, 5.74) is 6.00. The van der Waals surface area contributed by atoms with Gasteiger partial charge in [-0.3, -0.25) is 18.9 Å². The highest BCUT2D eigenvalue weighted by molar-refractivity contribution is 5.92. The SMILES string of the molecule is CCn1c(=O)c(=CC=C2N(C)c3ccccc3C2(C)C)n(-c2ccccc2)c1=CC=Nc1ccccc1. The maximum absolute atomic E-state index is 13.7. The van der Waals surface area contributed by atoms with Crippen molar-refractivity contribution >= 4 is 29.7 Å². The van der Waals surface area contributed by atoms with E-state index in [-0.39, 0.29) is 11.0 Å². The van der Waals surface area contributed by atoms with Gasteiger partial charge in [0.2, 0.25) is 0 Å². The van der Waals surface area contributed by atoms with Crippen molar-refractivity contribution < 1.29 is 0 Å². The Morgan fingerprint density at radius 1 is 0.838 bits per heavy atom. The van der Waals surface area contributed by atoms with E-state index in [2.05, 4.69) is 61.1 Å². The molecule has 0 amide bonds. The van der Waals surface area contributed by atoms with Gasteiger partial charge in [0.15, 0.2) is 0 Å². The van der Waals surface area contributed by atoms with Crippen molar-refractivity contribution in [2.45, 2.75) is 32.7 Å². The van der Waals surface area contributed by atoms with Crippen LogP contribution in [0.1, 0.15) is 26.3 Å². The van der Waals surface area contributed by atoms with E-state index in [0.717, 1.165) is 22.6 Å². The zero-order valence-corrected chi connectivity index (χ0v) is 21.8. The Morgan fingerprint density at radius 3 is 2.16 bits per heavy atom. The summed E-state index contributed by atoms with van der Waals surface area (Å²) in [6.45, 7) is 7.01. The molecule has 0 saturated heterocycles. The molecule has 0 spiro atoms. The van der Waals surface area contributed by atoms with Crippen LogP contribution in [0.25, 0.3) is 17.8 Å². The van der Waals surface area contributed by atoms with Gasteiger partial charge in [-0.05, 0) is 61.0 Å². The third kappa shape index (κ3) is 4.38. The molecule has 0 atom stereocenters. The van der Waals surface area contributed by atoms with Crippen molar-refractivity contribution in [3.05, 3.63) is 123 Å². The molecule has 5 heteroatoms. The van der Waals surface area contributed by atoms with Gasteiger partial charge in [-0.1, -0.05) is 68.4 Å². The second-order valence-electron chi connectivity index (χ2n) is 9.66. The van der Waals surface area contributed by atoms with Crippen molar-refractivity contribution in [3.8, 4) is 5.69 Å². The highest BCUT2D eigenvalue weighted by Gasteiger charge is 2.37. The Balaban J connectivity index is 1.73. The fraction of sp³-hybridized carbons (Fsp3) is 0.188. The van der Waals surface area contributed by atoms with Gasteiger partial charge < -0.3 is 4.90 Å². The van der Waals surface area contributed by atoms with E-state index in [0.29, 0.717) is 11.9 Å². The van der Waals surface area contributed by atoms with Crippen LogP contribution in [0.4, 0.5) is 11.4 Å². The number of anilines is 1. The average Bonchev–Trinajstić information content (AvgIpc) is 3.30. The second-order valence-corrected chi connectivity index (χ2v) is 9.66. The molecular weight excluding hydrogens is 456 g/mol. The van der Waals surface area contributed by atoms with Crippen LogP contribution in [0.2, 0.25) is 0 Å². The first-order valence-electron chi connectivity index (χ1n) is 12.7. The number of aliphatic imine (C=N–C) groups is 1. The summed E-state index contributed by atoms with van der Waals surface area (Å²) < 4.78 is 3.82. The minimum atomic E-state index is -0.174. The predicted molar refractivity (Wildman–Crippen MR) is 154 cm³/mol. The molecule has 0 aliphatic carbocycles. The monoisotopic (exact) mass is 488 g/mol. The normalized spacial score (nSPS) is 16.8. The van der Waals surface area contributed by atoms with Gasteiger partial charge in [-0.15, -0.1) is 0 Å². The zero-order chi connectivity index (χ0) is 26.0. The number of hydrogen-bond donors (Lipinski definition) is 0. The van der Waals surface area contributed by atoms with Crippen molar-refractivity contribution in [1.29, 1.82) is 0 Å². The Labute approximate surface area is 217 Å². The molecule has 1 aliphatic rings. The molecule has 3 aromatic carbocycles. The highest BCUT2D eigenvalue weighted by atomic mass is 16.1. The number of likely N-dealkylation sites (N-methyl/N-ethyl adjacent to an activating group) is 1. The summed E-state index contributed by atoms with van der Waals surface area (Å²) in [7, 11) is 2.09. The van der Waals surface area contributed by atoms with Crippen LogP contribution in [-0.4, -0.2) is 22.4 Å². The minimum Gasteiger partial charge on any atom is -0.347 e. The number of allylic oxidation sites excluding steroid dienone is 2. The molecule has 0 N–H and O–H groups in total. The lowest BCUT2D eigenvalue weighted by atomic mass is 9.84. The van der Waals surface area contributed by atoms with Crippen LogP contribution in [-0.2, 0) is 12.0 Å². The van der Waals surface area contributed by atoms with E-state index in [1.54, 1.807) is 10.8 Å². The average molecular weight is 489 g/mol. The summed E-state index contributed by atoms with van der Waals surface area (Å²) in [5.74, 6) is 0. The summed E-state index contributed by atoms with van der Waals surface area (Å²) in [6, 6.07) is 28.3. The lowest BCUT2D eigenvalue weighted by Crippen LogP contribution is -2.31. The van der Waals surface area contributed by atoms with Gasteiger partial charge >= 0.3 is 0 Å². The number of nitrogens with zero attached hydrogens (tertiary/aromatic N) is 4. The number of rotatable bonds is 5. The third-order valence-corrected chi connectivity index (χ3v) is 7.08. The second kappa shape index (κ2) is 9.94. The minimum absolute atomic E-state index is 0.0291. The van der Waals surface area contributed by atoms with Crippen molar-refractivity contribution in [2.24, 2.45) is 4.99 Å². The zero-order valence-electron chi connectivity index (χ0n) is 21.8. The van der Waals surface area contributed by atoms with Crippen LogP contribution in [0.5, 0.6) is 0 Å². The molecule has 0 bridgehead atoms. The molecule has 37 heavy (non-hydrogen) atoms. The molecular formula is C32H32N4O. The third-order valence-electron chi connectivity index (χ3n) is 7.08. The van der Waals surface area contributed by atoms with E-state index >= 15 is 0 Å². The van der Waals surface area contributed by atoms with Crippen LogP contribution in [0, 0.1) is 0 Å². The molecule has 2 heterocycles. The summed E-state index contributed by atoms with van der Waals surface area (Å²) in [5, 5.41) is 0.611. The summed E-state index contributed by atoms with van der Waals surface area (Å²) in [6.07, 6.45) is 7.74. The standard InChI is InChI=1S/C32H32N4O/c1-5-35-30(22-23-33-24-14-8-6-9-15-24)36(25-16-10-7-11-17-25)28(31(35)37)20-21-29-32(2,3)26-18-12-13-19-27(26)34(29)4/h6-23H,5H2,1-4H3. The lowest BCUT2D eigenvalue weighted by molar-refractivity contribution is 0.641. The Hall–Kier alpha value is -4.38. The van der Waals surface area contributed by atoms with Crippen LogP contribution >= 0.6 is 0 Å². The molecule has 0 saturated carbocycles. The van der Waals surface area contributed by atoms with Gasteiger partial charge in [-0.2, -0.15) is 0 Å². The molecule has 5 nitrogen and oxygen atoms in total. The molecule has 5 rings (SSSR count). The van der Waals surface area contributed by atoms with Crippen LogP contribution in [0.3, 0.4) is 0 Å². The highest BCUT2D eigenvalue weighted by Crippen LogP contribution is 2.46. The maximum atomic E-state index is 13.7. The Bertz CT molecular complexity index is 1660. The first-order chi connectivity index (χ1) is 17.9. The fourth-order valence-electron chi connectivity index (χ4n) is 5.21. The van der Waals surface area contributed by atoms with Gasteiger partial charge in [0, 0.05) is 42.3 Å². The molecule has 0 fully saturated rings.